The number of thiazole rings is 1. The van der Waals surface area contributed by atoms with Gasteiger partial charge in [-0.1, -0.05) is 24.3 Å². The van der Waals surface area contributed by atoms with Crippen molar-refractivity contribution in [1.29, 1.82) is 0 Å². The summed E-state index contributed by atoms with van der Waals surface area (Å²) in [7, 11) is 0. The number of carbonyl (C=O) groups excluding carboxylic acids is 1. The molecule has 0 saturated carbocycles. The van der Waals surface area contributed by atoms with Gasteiger partial charge in [0.1, 0.15) is 0 Å². The molecule has 4 aromatic rings. The molecule has 0 bridgehead atoms. The van der Waals surface area contributed by atoms with Crippen LogP contribution in [0, 0.1) is 13.8 Å². The summed E-state index contributed by atoms with van der Waals surface area (Å²) in [5.41, 5.74) is 4.23. The van der Waals surface area contributed by atoms with Crippen LogP contribution in [0.1, 0.15) is 32.2 Å². The van der Waals surface area contributed by atoms with Crippen molar-refractivity contribution in [3.05, 3.63) is 75.9 Å². The van der Waals surface area contributed by atoms with Crippen LogP contribution >= 0.6 is 11.3 Å². The van der Waals surface area contributed by atoms with E-state index in [1.165, 1.54) is 11.3 Å². The lowest BCUT2D eigenvalue weighted by Crippen LogP contribution is -2.13. The molecule has 0 unspecified atom stereocenters. The van der Waals surface area contributed by atoms with Gasteiger partial charge in [0.05, 0.1) is 16.8 Å². The molecule has 0 fully saturated rings. The number of pyridine rings is 1. The number of hydrogen-bond donors (Lipinski definition) is 1. The molecule has 2 aromatic carbocycles. The number of amides is 1. The maximum atomic E-state index is 13.0. The number of carbonyl (C=O) groups is 1. The molecule has 3 heterocycles. The van der Waals surface area contributed by atoms with Gasteiger partial charge in [-0.2, -0.15) is 0 Å². The molecule has 0 radical (unpaired) electrons. The number of nitrogens with one attached hydrogen (secondary N) is 1. The Morgan fingerprint density at radius 2 is 1.90 bits per heavy atom. The average molecular weight is 417 g/mol. The van der Waals surface area contributed by atoms with E-state index in [9.17, 15) is 4.79 Å². The van der Waals surface area contributed by atoms with Gasteiger partial charge in [-0.3, -0.25) is 15.1 Å². The van der Waals surface area contributed by atoms with Crippen LogP contribution in [0.15, 0.2) is 48.5 Å². The fraction of sp³-hybridized carbons (Fsp3) is 0.174. The zero-order valence-corrected chi connectivity index (χ0v) is 17.4. The molecular weight excluding hydrogens is 398 g/mol. The minimum Gasteiger partial charge on any atom is -0.454 e. The molecule has 5 rings (SSSR count). The molecule has 1 aliphatic rings. The average Bonchev–Trinajstić information content (AvgIpc) is 3.33. The number of nitrogens with zero attached hydrogens (tertiary/aromatic N) is 2. The van der Waals surface area contributed by atoms with E-state index in [1.807, 2.05) is 62.4 Å². The normalized spacial score (nSPS) is 12.3. The summed E-state index contributed by atoms with van der Waals surface area (Å²) in [6.45, 7) is 4.11. The first kappa shape index (κ1) is 18.6. The lowest BCUT2D eigenvalue weighted by Gasteiger charge is -2.07. The minimum atomic E-state index is -0.180. The first-order chi connectivity index (χ1) is 14.6. The summed E-state index contributed by atoms with van der Waals surface area (Å²) in [6.07, 6.45) is 0.716. The largest absolute Gasteiger partial charge is 0.454 e. The van der Waals surface area contributed by atoms with E-state index < -0.39 is 0 Å². The standard InChI is InChI=1S/C23H19N3O3S/c1-13-9-17(16-5-3-4-6-18(16)24-13)22(27)26-23-25-14(2)21(30-23)11-15-7-8-19-20(10-15)29-12-28-19/h3-10H,11-12H2,1-2H3,(H,25,26,27). The lowest BCUT2D eigenvalue weighted by atomic mass is 10.1. The predicted molar refractivity (Wildman–Crippen MR) is 117 cm³/mol. The quantitative estimate of drug-likeness (QED) is 0.512. The second kappa shape index (κ2) is 7.42. The highest BCUT2D eigenvalue weighted by atomic mass is 32.1. The summed E-state index contributed by atoms with van der Waals surface area (Å²) in [4.78, 5) is 23.1. The molecule has 6 nitrogen and oxygen atoms in total. The van der Waals surface area contributed by atoms with E-state index >= 15 is 0 Å². The summed E-state index contributed by atoms with van der Waals surface area (Å²) >= 11 is 1.49. The van der Waals surface area contributed by atoms with Gasteiger partial charge in [0.15, 0.2) is 16.6 Å². The van der Waals surface area contributed by atoms with Crippen LogP contribution in [-0.2, 0) is 6.42 Å². The van der Waals surface area contributed by atoms with Crippen molar-refractivity contribution in [2.24, 2.45) is 0 Å². The van der Waals surface area contributed by atoms with Crippen molar-refractivity contribution >= 4 is 33.3 Å². The highest BCUT2D eigenvalue weighted by Gasteiger charge is 2.17. The second-order valence-corrected chi connectivity index (χ2v) is 8.26. The number of para-hydroxylation sites is 1. The lowest BCUT2D eigenvalue weighted by molar-refractivity contribution is 0.102. The fourth-order valence-corrected chi connectivity index (χ4v) is 4.53. The Morgan fingerprint density at radius 3 is 2.80 bits per heavy atom. The van der Waals surface area contributed by atoms with E-state index in [1.54, 1.807) is 0 Å². The third-order valence-electron chi connectivity index (χ3n) is 5.00. The molecule has 0 aliphatic carbocycles. The Labute approximate surface area is 177 Å². The number of aryl methyl sites for hydroxylation is 2. The molecule has 0 saturated heterocycles. The van der Waals surface area contributed by atoms with Crippen LogP contribution in [0.3, 0.4) is 0 Å². The monoisotopic (exact) mass is 417 g/mol. The van der Waals surface area contributed by atoms with Gasteiger partial charge >= 0.3 is 0 Å². The van der Waals surface area contributed by atoms with Crippen molar-refractivity contribution in [2.75, 3.05) is 12.1 Å². The van der Waals surface area contributed by atoms with Crippen molar-refractivity contribution in [1.82, 2.24) is 9.97 Å². The molecule has 30 heavy (non-hydrogen) atoms. The van der Waals surface area contributed by atoms with E-state index in [4.69, 9.17) is 9.47 Å². The molecule has 7 heteroatoms. The van der Waals surface area contributed by atoms with Crippen LogP contribution in [-0.4, -0.2) is 22.7 Å². The number of benzene rings is 2. The Hall–Kier alpha value is -3.45. The Kier molecular flexibility index (Phi) is 4.59. The van der Waals surface area contributed by atoms with Gasteiger partial charge in [0, 0.05) is 22.4 Å². The molecular formula is C23H19N3O3S. The zero-order valence-electron chi connectivity index (χ0n) is 16.6. The second-order valence-electron chi connectivity index (χ2n) is 7.17. The summed E-state index contributed by atoms with van der Waals surface area (Å²) in [5.74, 6) is 1.36. The first-order valence-corrected chi connectivity index (χ1v) is 10.4. The summed E-state index contributed by atoms with van der Waals surface area (Å²) in [6, 6.07) is 15.4. The Balaban J connectivity index is 1.38. The van der Waals surface area contributed by atoms with Gasteiger partial charge in [-0.25, -0.2) is 4.98 Å². The number of anilines is 1. The van der Waals surface area contributed by atoms with E-state index in [2.05, 4.69) is 15.3 Å². The van der Waals surface area contributed by atoms with Crippen LogP contribution in [0.5, 0.6) is 11.5 Å². The number of hydrogen-bond acceptors (Lipinski definition) is 6. The number of fused-ring (bicyclic) bond motifs is 2. The zero-order chi connectivity index (χ0) is 20.7. The maximum Gasteiger partial charge on any atom is 0.258 e. The minimum absolute atomic E-state index is 0.180. The number of ether oxygens (including phenoxy) is 2. The van der Waals surface area contributed by atoms with Crippen molar-refractivity contribution in [3.63, 3.8) is 0 Å². The Bertz CT molecular complexity index is 1280. The molecule has 1 amide bonds. The van der Waals surface area contributed by atoms with E-state index in [0.717, 1.165) is 44.2 Å². The SMILES string of the molecule is Cc1cc(C(=O)Nc2nc(C)c(Cc3ccc4c(c3)OCO4)s2)c2ccccc2n1. The van der Waals surface area contributed by atoms with Crippen molar-refractivity contribution in [2.45, 2.75) is 20.3 Å². The van der Waals surface area contributed by atoms with Gasteiger partial charge < -0.3 is 9.47 Å². The number of rotatable bonds is 4. The van der Waals surface area contributed by atoms with Gasteiger partial charge in [0.2, 0.25) is 6.79 Å². The van der Waals surface area contributed by atoms with Gasteiger partial charge in [-0.15, -0.1) is 11.3 Å². The van der Waals surface area contributed by atoms with Crippen LogP contribution < -0.4 is 14.8 Å². The third kappa shape index (κ3) is 3.48. The number of aromatic nitrogens is 2. The summed E-state index contributed by atoms with van der Waals surface area (Å²) < 4.78 is 10.8. The smallest absolute Gasteiger partial charge is 0.258 e. The molecule has 0 atom stereocenters. The fourth-order valence-electron chi connectivity index (χ4n) is 3.54. The van der Waals surface area contributed by atoms with Crippen molar-refractivity contribution < 1.29 is 14.3 Å². The van der Waals surface area contributed by atoms with E-state index in [0.29, 0.717) is 17.1 Å². The predicted octanol–water partition coefficient (Wildman–Crippen LogP) is 4.88. The van der Waals surface area contributed by atoms with Gasteiger partial charge in [0.25, 0.3) is 5.91 Å². The highest BCUT2D eigenvalue weighted by Crippen LogP contribution is 2.34. The molecule has 0 spiro atoms. The van der Waals surface area contributed by atoms with Crippen LogP contribution in [0.25, 0.3) is 10.9 Å². The Morgan fingerprint density at radius 1 is 1.07 bits per heavy atom. The topological polar surface area (TPSA) is 73.3 Å². The maximum absolute atomic E-state index is 13.0. The summed E-state index contributed by atoms with van der Waals surface area (Å²) in [5, 5.41) is 4.38. The van der Waals surface area contributed by atoms with Crippen LogP contribution in [0.4, 0.5) is 5.13 Å². The molecule has 1 N–H and O–H groups in total. The van der Waals surface area contributed by atoms with Crippen LogP contribution in [0.2, 0.25) is 0 Å². The first-order valence-electron chi connectivity index (χ1n) is 9.59. The van der Waals surface area contributed by atoms with Crippen molar-refractivity contribution in [3.8, 4) is 11.5 Å². The highest BCUT2D eigenvalue weighted by molar-refractivity contribution is 7.15. The van der Waals surface area contributed by atoms with E-state index in [-0.39, 0.29) is 12.7 Å². The molecule has 150 valence electrons. The van der Waals surface area contributed by atoms with Gasteiger partial charge in [-0.05, 0) is 43.7 Å². The molecule has 2 aromatic heterocycles. The third-order valence-corrected chi connectivity index (χ3v) is 6.08. The molecule has 1 aliphatic heterocycles.